The van der Waals surface area contributed by atoms with E-state index in [0.29, 0.717) is 23.9 Å². The number of rotatable bonds is 38. The Hall–Kier alpha value is -2.03. The van der Waals surface area contributed by atoms with Gasteiger partial charge < -0.3 is 18.9 Å². The van der Waals surface area contributed by atoms with E-state index in [0.717, 1.165) is 70.6 Å². The van der Waals surface area contributed by atoms with Crippen LogP contribution in [0.4, 0.5) is 0 Å². The molecule has 54 heavy (non-hydrogen) atoms. The van der Waals surface area contributed by atoms with Gasteiger partial charge in [0.1, 0.15) is 19.8 Å². The fourth-order valence-corrected chi connectivity index (χ4v) is 6.17. The van der Waals surface area contributed by atoms with Crippen LogP contribution in [-0.4, -0.2) is 74.9 Å². The van der Waals surface area contributed by atoms with Gasteiger partial charge in [-0.25, -0.2) is 4.57 Å². The van der Waals surface area contributed by atoms with E-state index in [4.69, 9.17) is 18.5 Å². The van der Waals surface area contributed by atoms with E-state index in [9.17, 15) is 19.0 Å². The summed E-state index contributed by atoms with van der Waals surface area (Å²) < 4.78 is 34.2. The molecular weight excluding hydrogens is 701 g/mol. The van der Waals surface area contributed by atoms with Crippen molar-refractivity contribution in [2.45, 2.75) is 174 Å². The van der Waals surface area contributed by atoms with Crippen molar-refractivity contribution in [2.75, 3.05) is 47.5 Å². The second-order valence-electron chi connectivity index (χ2n) is 15.4. The zero-order valence-electron chi connectivity index (χ0n) is 35.2. The molecule has 0 amide bonds. The van der Waals surface area contributed by atoms with Gasteiger partial charge in [0.05, 0.1) is 27.7 Å². The van der Waals surface area contributed by atoms with E-state index in [1.807, 2.05) is 21.1 Å². The molecule has 0 saturated carbocycles. The summed E-state index contributed by atoms with van der Waals surface area (Å²) in [5, 5.41) is 0. The van der Waals surface area contributed by atoms with Crippen molar-refractivity contribution in [2.24, 2.45) is 0 Å². The van der Waals surface area contributed by atoms with Gasteiger partial charge in [0.2, 0.25) is 0 Å². The molecule has 0 bridgehead atoms. The third-order valence-corrected chi connectivity index (χ3v) is 9.82. The number of phosphoric acid groups is 1. The molecule has 1 N–H and O–H groups in total. The first kappa shape index (κ1) is 52.0. The van der Waals surface area contributed by atoms with Crippen LogP contribution in [0.5, 0.6) is 0 Å². The normalized spacial score (nSPS) is 14.1. The predicted molar refractivity (Wildman–Crippen MR) is 224 cm³/mol. The Morgan fingerprint density at radius 1 is 0.574 bits per heavy atom. The van der Waals surface area contributed by atoms with Crippen LogP contribution in [0.1, 0.15) is 168 Å². The summed E-state index contributed by atoms with van der Waals surface area (Å²) in [5.41, 5.74) is 0. The van der Waals surface area contributed by atoms with Crippen molar-refractivity contribution >= 4 is 19.8 Å². The van der Waals surface area contributed by atoms with E-state index in [2.05, 4.69) is 62.5 Å². The van der Waals surface area contributed by atoms with Crippen molar-refractivity contribution in [3.05, 3.63) is 48.6 Å². The average molecular weight is 783 g/mol. The number of esters is 2. The van der Waals surface area contributed by atoms with Crippen LogP contribution in [0.15, 0.2) is 48.6 Å². The van der Waals surface area contributed by atoms with Crippen molar-refractivity contribution in [1.29, 1.82) is 0 Å². The van der Waals surface area contributed by atoms with Crippen molar-refractivity contribution in [3.63, 3.8) is 0 Å². The van der Waals surface area contributed by atoms with Crippen LogP contribution < -0.4 is 0 Å². The molecule has 0 aliphatic carbocycles. The predicted octanol–water partition coefficient (Wildman–Crippen LogP) is 11.9. The molecule has 0 aromatic carbocycles. The first-order valence-electron chi connectivity index (χ1n) is 21.4. The number of hydrogen-bond donors (Lipinski definition) is 1. The summed E-state index contributed by atoms with van der Waals surface area (Å²) >= 11 is 0. The second kappa shape index (κ2) is 36.6. The van der Waals surface area contributed by atoms with E-state index in [1.165, 1.54) is 57.8 Å². The zero-order valence-corrected chi connectivity index (χ0v) is 36.1. The van der Waals surface area contributed by atoms with Gasteiger partial charge in [-0.3, -0.25) is 18.6 Å². The highest BCUT2D eigenvalue weighted by Crippen LogP contribution is 2.43. The number of carbonyl (C=O) groups excluding carboxylic acids is 2. The number of hydrogen-bond acceptors (Lipinski definition) is 7. The minimum absolute atomic E-state index is 0.0248. The number of allylic oxidation sites excluding steroid dienone is 8. The lowest BCUT2D eigenvalue weighted by Crippen LogP contribution is -2.37. The van der Waals surface area contributed by atoms with Crippen molar-refractivity contribution < 1.29 is 42.1 Å². The number of nitrogens with zero attached hydrogens (tertiary/aromatic N) is 1. The first-order valence-corrected chi connectivity index (χ1v) is 22.9. The van der Waals surface area contributed by atoms with E-state index < -0.39 is 32.5 Å². The SMILES string of the molecule is CCCCC/C=C\C/C=C\C/C=C\CCCCCCC(=O)OC[C@H](COP(=O)(O)OCC[N+](C)(C)C)OC(=O)CCCCCCC/C=C\CCCCCC. The largest absolute Gasteiger partial charge is 0.472 e. The highest BCUT2D eigenvalue weighted by atomic mass is 31.2. The Morgan fingerprint density at radius 3 is 1.54 bits per heavy atom. The lowest BCUT2D eigenvalue weighted by molar-refractivity contribution is -0.870. The Bertz CT molecular complexity index is 1070. The number of carbonyl (C=O) groups is 2. The average Bonchev–Trinajstić information content (AvgIpc) is 3.12. The van der Waals surface area contributed by atoms with Gasteiger partial charge in [-0.05, 0) is 77.0 Å². The van der Waals surface area contributed by atoms with E-state index in [1.54, 1.807) is 0 Å². The molecule has 0 saturated heterocycles. The maximum atomic E-state index is 12.6. The third-order valence-electron chi connectivity index (χ3n) is 8.83. The van der Waals surface area contributed by atoms with Crippen LogP contribution in [0.3, 0.4) is 0 Å². The smallest absolute Gasteiger partial charge is 0.462 e. The van der Waals surface area contributed by atoms with Crippen molar-refractivity contribution in [3.8, 4) is 0 Å². The molecule has 0 aromatic heterocycles. The maximum absolute atomic E-state index is 12.6. The summed E-state index contributed by atoms with van der Waals surface area (Å²) in [5.74, 6) is -0.837. The Balaban J connectivity index is 4.43. The Kier molecular flexibility index (Phi) is 35.2. The zero-order chi connectivity index (χ0) is 40.0. The van der Waals surface area contributed by atoms with Gasteiger partial charge in [0.25, 0.3) is 0 Å². The number of quaternary nitrogens is 1. The summed E-state index contributed by atoms with van der Waals surface area (Å²) in [7, 11) is 1.45. The molecule has 0 fully saturated rings. The van der Waals surface area contributed by atoms with Gasteiger partial charge in [0.15, 0.2) is 6.10 Å². The molecule has 0 rings (SSSR count). The van der Waals surface area contributed by atoms with Gasteiger partial charge in [-0.15, -0.1) is 0 Å². The fraction of sp³-hybridized carbons (Fsp3) is 0.773. The van der Waals surface area contributed by atoms with Gasteiger partial charge >= 0.3 is 19.8 Å². The Morgan fingerprint density at radius 2 is 1.00 bits per heavy atom. The molecule has 0 aromatic rings. The highest BCUT2D eigenvalue weighted by molar-refractivity contribution is 7.47. The molecule has 9 nitrogen and oxygen atoms in total. The summed E-state index contributed by atoms with van der Waals surface area (Å²) in [6.07, 6.45) is 41.5. The molecular formula is C44H81NO8P+. The molecule has 0 aliphatic heterocycles. The van der Waals surface area contributed by atoms with Gasteiger partial charge in [0, 0.05) is 12.8 Å². The van der Waals surface area contributed by atoms with Crippen LogP contribution in [0.25, 0.3) is 0 Å². The standard InChI is InChI=1S/C44H80NO8P/c1-6-8-10-12-14-16-18-20-21-22-23-25-26-28-30-32-34-36-43(46)50-40-42(41-52-54(48,49)51-39-38-45(3,4)5)53-44(47)37-35-33-31-29-27-24-19-17-15-13-11-9-7-2/h14,16-17,19-21,23,25,42H,6-13,15,18,22,24,26-41H2,1-5H3/p+1/b16-14-,19-17-,21-20-,25-23-/t42-/m1/s1. The lowest BCUT2D eigenvalue weighted by atomic mass is 10.1. The number of likely N-dealkylation sites (N-methyl/N-ethyl adjacent to an activating group) is 1. The van der Waals surface area contributed by atoms with Crippen LogP contribution in [0, 0.1) is 0 Å². The third kappa shape index (κ3) is 39.7. The monoisotopic (exact) mass is 783 g/mol. The number of unbranched alkanes of at least 4 members (excludes halogenated alkanes) is 16. The minimum atomic E-state index is -4.38. The molecule has 2 atom stereocenters. The summed E-state index contributed by atoms with van der Waals surface area (Å²) in [6.45, 7) is 4.33. The number of ether oxygens (including phenoxy) is 2. The first-order chi connectivity index (χ1) is 26.0. The number of phosphoric ester groups is 1. The highest BCUT2D eigenvalue weighted by Gasteiger charge is 2.27. The van der Waals surface area contributed by atoms with Gasteiger partial charge in [-0.2, -0.15) is 0 Å². The quantitative estimate of drug-likeness (QED) is 0.0217. The fourth-order valence-electron chi connectivity index (χ4n) is 5.43. The molecule has 0 heterocycles. The van der Waals surface area contributed by atoms with Crippen molar-refractivity contribution in [1.82, 2.24) is 0 Å². The molecule has 1 unspecified atom stereocenters. The molecule has 0 spiro atoms. The Labute approximate surface area is 331 Å². The van der Waals surface area contributed by atoms with Crippen LogP contribution in [0.2, 0.25) is 0 Å². The summed E-state index contributed by atoms with van der Waals surface area (Å²) in [4.78, 5) is 35.3. The summed E-state index contributed by atoms with van der Waals surface area (Å²) in [6, 6.07) is 0. The molecule has 0 aliphatic rings. The van der Waals surface area contributed by atoms with Gasteiger partial charge in [-0.1, -0.05) is 127 Å². The maximum Gasteiger partial charge on any atom is 0.472 e. The molecule has 0 radical (unpaired) electrons. The van der Waals surface area contributed by atoms with E-state index >= 15 is 0 Å². The van der Waals surface area contributed by atoms with Crippen LogP contribution >= 0.6 is 7.82 Å². The molecule has 10 heteroatoms. The second-order valence-corrected chi connectivity index (χ2v) is 16.8. The lowest BCUT2D eigenvalue weighted by Gasteiger charge is -2.24. The molecule has 314 valence electrons. The van der Waals surface area contributed by atoms with E-state index in [-0.39, 0.29) is 26.1 Å². The minimum Gasteiger partial charge on any atom is -0.462 e. The topological polar surface area (TPSA) is 108 Å². The van der Waals surface area contributed by atoms with Crippen LogP contribution in [-0.2, 0) is 32.7 Å².